The fourth-order valence-electron chi connectivity index (χ4n) is 8.48. The number of methoxy groups -OCH3 is 2. The molecule has 60 heavy (non-hydrogen) atoms. The van der Waals surface area contributed by atoms with Crippen molar-refractivity contribution in [1.29, 1.82) is 0 Å². The summed E-state index contributed by atoms with van der Waals surface area (Å²) in [6, 6.07) is 14.6. The number of nitrogens with zero attached hydrogens (tertiary/aromatic N) is 4. The molecule has 0 spiro atoms. The van der Waals surface area contributed by atoms with E-state index in [-0.39, 0.29) is 53.5 Å². The third kappa shape index (κ3) is 9.35. The number of carbonyl (C=O) groups excluding carboxylic acids is 4. The van der Waals surface area contributed by atoms with Crippen LogP contribution >= 0.6 is 0 Å². The molecule has 318 valence electrons. The van der Waals surface area contributed by atoms with E-state index in [2.05, 4.69) is 81.8 Å². The number of H-pyrrole nitrogens is 2. The van der Waals surface area contributed by atoms with E-state index in [1.54, 1.807) is 17.3 Å². The Hall–Kier alpha value is -6.10. The number of alkyl carbamates (subject to hydrolysis) is 2. The lowest BCUT2D eigenvalue weighted by Gasteiger charge is -2.30. The van der Waals surface area contributed by atoms with Gasteiger partial charge in [-0.1, -0.05) is 96.0 Å². The first-order chi connectivity index (χ1) is 28.7. The maximum atomic E-state index is 13.7. The van der Waals surface area contributed by atoms with Crippen molar-refractivity contribution >= 4 is 24.0 Å². The third-order valence-electron chi connectivity index (χ3n) is 11.9. The minimum atomic E-state index is -0.708. The third-order valence-corrected chi connectivity index (χ3v) is 11.9. The topological polar surface area (TPSA) is 175 Å². The number of likely N-dealkylation sites (tertiary alicyclic amines) is 2. The van der Waals surface area contributed by atoms with Gasteiger partial charge in [0.1, 0.15) is 23.7 Å². The van der Waals surface area contributed by atoms with E-state index < -0.39 is 24.3 Å². The van der Waals surface area contributed by atoms with Crippen LogP contribution in [-0.4, -0.2) is 93.1 Å². The highest BCUT2D eigenvalue weighted by molar-refractivity contribution is 5.87. The minimum absolute atomic E-state index is 0.0206. The van der Waals surface area contributed by atoms with Gasteiger partial charge in [-0.3, -0.25) is 9.59 Å². The van der Waals surface area contributed by atoms with Crippen LogP contribution in [0.4, 0.5) is 9.59 Å². The average molecular weight is 819 g/mol. The van der Waals surface area contributed by atoms with E-state index in [1.807, 2.05) is 44.7 Å². The van der Waals surface area contributed by atoms with Crippen LogP contribution in [0.5, 0.6) is 0 Å². The zero-order chi connectivity index (χ0) is 43.2. The van der Waals surface area contributed by atoms with Crippen molar-refractivity contribution < 1.29 is 28.7 Å². The fourth-order valence-corrected chi connectivity index (χ4v) is 8.48. The number of aromatic amines is 2. The van der Waals surface area contributed by atoms with Crippen LogP contribution in [0.3, 0.4) is 0 Å². The van der Waals surface area contributed by atoms with Crippen molar-refractivity contribution in [3.63, 3.8) is 0 Å². The molecule has 0 bridgehead atoms. The molecule has 2 fully saturated rings. The Morgan fingerprint density at radius 3 is 1.72 bits per heavy atom. The van der Waals surface area contributed by atoms with Crippen LogP contribution in [0.1, 0.15) is 108 Å². The Morgan fingerprint density at radius 2 is 1.23 bits per heavy atom. The number of terminal acetylenes is 1. The highest BCUT2D eigenvalue weighted by Crippen LogP contribution is 2.38. The zero-order valence-corrected chi connectivity index (χ0v) is 35.8. The molecule has 7 atom stereocenters. The molecular formula is C46H58N8O6. The first kappa shape index (κ1) is 43.5. The summed E-state index contributed by atoms with van der Waals surface area (Å²) in [7, 11) is 2.58. The summed E-state index contributed by atoms with van der Waals surface area (Å²) in [4.78, 5) is 71.3. The number of rotatable bonds is 13. The highest BCUT2D eigenvalue weighted by atomic mass is 16.5. The molecule has 14 nitrogen and oxygen atoms in total. The smallest absolute Gasteiger partial charge is 0.407 e. The van der Waals surface area contributed by atoms with Gasteiger partial charge >= 0.3 is 12.2 Å². The maximum Gasteiger partial charge on any atom is 0.407 e. The standard InChI is InChI=1S/C46H58N8O6/c1-10-34(31-15-19-33(20-16-31)35-23-47-41(49-35)37-12-11-21-53(37)43(55)39(26(2)3)51-45(57)59-8)29(7)30-13-17-32(18-14-30)36-24-48-42(50-36)38-22-28(6)25-54(38)44(56)40(27(4)5)52-46(58)60-9/h1,13-20,23-24,26-29,34,37-40H,11-12,21-22,25H2,2-9H3,(H,47,49)(H,48,50)(H,51,57)(H,52,58)/t28-,29+,34-,37-,38-,39-,40-/m0/s1. The normalized spacial score (nSPS) is 19.7. The number of nitrogens with one attached hydrogen (secondary N) is 4. The minimum Gasteiger partial charge on any atom is -0.453 e. The molecule has 0 radical (unpaired) electrons. The fraction of sp³-hybridized carbons (Fsp3) is 0.478. The van der Waals surface area contributed by atoms with Gasteiger partial charge < -0.3 is 39.9 Å². The summed E-state index contributed by atoms with van der Waals surface area (Å²) in [6.45, 7) is 13.0. The molecule has 14 heteroatoms. The van der Waals surface area contributed by atoms with Crippen molar-refractivity contribution in [2.24, 2.45) is 17.8 Å². The van der Waals surface area contributed by atoms with Crippen LogP contribution < -0.4 is 10.6 Å². The van der Waals surface area contributed by atoms with Gasteiger partial charge in [-0.2, -0.15) is 0 Å². The molecule has 4 heterocycles. The quantitative estimate of drug-likeness (QED) is 0.102. The van der Waals surface area contributed by atoms with Crippen LogP contribution in [0.2, 0.25) is 0 Å². The molecule has 0 aliphatic carbocycles. The van der Waals surface area contributed by atoms with Gasteiger partial charge in [0.25, 0.3) is 0 Å². The largest absolute Gasteiger partial charge is 0.453 e. The molecular weight excluding hydrogens is 761 g/mol. The van der Waals surface area contributed by atoms with Crippen molar-refractivity contribution in [2.75, 3.05) is 27.3 Å². The Balaban J connectivity index is 1.11. The summed E-state index contributed by atoms with van der Waals surface area (Å²) < 4.78 is 9.55. The van der Waals surface area contributed by atoms with Gasteiger partial charge in [-0.15, -0.1) is 6.42 Å². The van der Waals surface area contributed by atoms with E-state index in [9.17, 15) is 19.2 Å². The van der Waals surface area contributed by atoms with Gasteiger partial charge in [0.2, 0.25) is 11.8 Å². The Kier molecular flexibility index (Phi) is 13.7. The SMILES string of the molecule is C#C[C@H](c1ccc(-c2cnc([C@@H]3CCCN3C(=O)[C@@H](NC(=O)OC)C(C)C)[nH]2)cc1)[C@H](C)c1ccc(-c2cnc([C@@H]3C[C@H](C)CN3C(=O)[C@@H](NC(=O)OC)C(C)C)[nH]2)cc1. The molecule has 0 unspecified atom stereocenters. The van der Waals surface area contributed by atoms with Crippen LogP contribution in [-0.2, 0) is 19.1 Å². The van der Waals surface area contributed by atoms with E-state index in [0.717, 1.165) is 52.9 Å². The van der Waals surface area contributed by atoms with Crippen molar-refractivity contribution in [3.8, 4) is 34.9 Å². The lowest BCUT2D eigenvalue weighted by Crippen LogP contribution is -2.51. The first-order valence-corrected chi connectivity index (χ1v) is 20.8. The first-order valence-electron chi connectivity index (χ1n) is 20.8. The van der Waals surface area contributed by atoms with Crippen LogP contribution in [0.25, 0.3) is 22.5 Å². The average Bonchev–Trinajstić information content (AvgIpc) is 4.09. The van der Waals surface area contributed by atoms with Crippen LogP contribution in [0, 0.1) is 30.1 Å². The Morgan fingerprint density at radius 1 is 0.750 bits per heavy atom. The van der Waals surface area contributed by atoms with Crippen molar-refractivity contribution in [1.82, 2.24) is 40.4 Å². The zero-order valence-electron chi connectivity index (χ0n) is 35.8. The van der Waals surface area contributed by atoms with Gasteiger partial charge in [-0.25, -0.2) is 19.6 Å². The van der Waals surface area contributed by atoms with Crippen molar-refractivity contribution in [2.45, 2.75) is 96.8 Å². The number of ether oxygens (including phenoxy) is 2. The number of amides is 4. The summed E-state index contributed by atoms with van der Waals surface area (Å²) in [5.74, 6) is 4.02. The molecule has 6 rings (SSSR count). The van der Waals surface area contributed by atoms with E-state index >= 15 is 0 Å². The molecule has 4 amide bonds. The number of carbonyl (C=O) groups is 4. The number of hydrogen-bond donors (Lipinski definition) is 4. The predicted octanol–water partition coefficient (Wildman–Crippen LogP) is 7.32. The molecule has 2 aliphatic heterocycles. The lowest BCUT2D eigenvalue weighted by atomic mass is 9.82. The summed E-state index contributed by atoms with van der Waals surface area (Å²) in [5, 5.41) is 5.41. The van der Waals surface area contributed by atoms with Gasteiger partial charge in [0.15, 0.2) is 0 Å². The summed E-state index contributed by atoms with van der Waals surface area (Å²) in [6.07, 6.45) is 10.9. The van der Waals surface area contributed by atoms with Crippen molar-refractivity contribution in [3.05, 3.63) is 83.7 Å². The molecule has 4 N–H and O–H groups in total. The second-order valence-corrected chi connectivity index (χ2v) is 16.8. The lowest BCUT2D eigenvalue weighted by molar-refractivity contribution is -0.136. The number of benzene rings is 2. The second kappa shape index (κ2) is 18.9. The predicted molar refractivity (Wildman–Crippen MR) is 228 cm³/mol. The molecule has 4 aromatic rings. The number of hydrogen-bond acceptors (Lipinski definition) is 8. The number of imidazole rings is 2. The van der Waals surface area contributed by atoms with Gasteiger partial charge in [0.05, 0.1) is 56.0 Å². The van der Waals surface area contributed by atoms with Gasteiger partial charge in [-0.05, 0) is 65.2 Å². The maximum absolute atomic E-state index is 13.7. The highest BCUT2D eigenvalue weighted by Gasteiger charge is 2.41. The molecule has 2 aliphatic rings. The van der Waals surface area contributed by atoms with Gasteiger partial charge in [0, 0.05) is 13.1 Å². The molecule has 2 saturated heterocycles. The molecule has 2 aromatic heterocycles. The Labute approximate surface area is 352 Å². The van der Waals surface area contributed by atoms with E-state index in [4.69, 9.17) is 20.9 Å². The summed E-state index contributed by atoms with van der Waals surface area (Å²) in [5.41, 5.74) is 5.71. The number of aromatic nitrogens is 4. The second-order valence-electron chi connectivity index (χ2n) is 16.8. The molecule has 0 saturated carbocycles. The molecule has 2 aromatic carbocycles. The van der Waals surface area contributed by atoms with E-state index in [1.165, 1.54) is 14.2 Å². The van der Waals surface area contributed by atoms with E-state index in [0.29, 0.717) is 24.7 Å². The van der Waals surface area contributed by atoms with Crippen LogP contribution in [0.15, 0.2) is 60.9 Å². The monoisotopic (exact) mass is 818 g/mol. The summed E-state index contributed by atoms with van der Waals surface area (Å²) >= 11 is 0. The Bertz CT molecular complexity index is 2170.